The number of hydrogen-bond acceptors (Lipinski definition) is 4. The first kappa shape index (κ1) is 9.92. The molecule has 0 amide bonds. The summed E-state index contributed by atoms with van der Waals surface area (Å²) in [5.74, 6) is 0.331. The van der Waals surface area contributed by atoms with E-state index >= 15 is 0 Å². The van der Waals surface area contributed by atoms with Gasteiger partial charge >= 0.3 is 0 Å². The van der Waals surface area contributed by atoms with Gasteiger partial charge in [0.05, 0.1) is 17.5 Å². The van der Waals surface area contributed by atoms with Crippen molar-refractivity contribution < 1.29 is 5.11 Å². The zero-order valence-corrected chi connectivity index (χ0v) is 8.20. The molecule has 4 heteroatoms. The van der Waals surface area contributed by atoms with Gasteiger partial charge in [-0.15, -0.1) is 0 Å². The third-order valence-corrected chi connectivity index (χ3v) is 2.06. The van der Waals surface area contributed by atoms with Gasteiger partial charge in [0.2, 0.25) is 0 Å². The SMILES string of the molecule is CCC(O)c1nc(C)c(C)nc1N. The number of anilines is 1. The van der Waals surface area contributed by atoms with Gasteiger partial charge in [0.25, 0.3) is 0 Å². The smallest absolute Gasteiger partial charge is 0.148 e. The monoisotopic (exact) mass is 181 g/mol. The van der Waals surface area contributed by atoms with Crippen LogP contribution in [0, 0.1) is 13.8 Å². The largest absolute Gasteiger partial charge is 0.387 e. The highest BCUT2D eigenvalue weighted by Crippen LogP contribution is 2.19. The zero-order valence-electron chi connectivity index (χ0n) is 8.20. The van der Waals surface area contributed by atoms with Crippen molar-refractivity contribution in [1.29, 1.82) is 0 Å². The molecule has 1 rings (SSSR count). The Morgan fingerprint density at radius 3 is 2.38 bits per heavy atom. The van der Waals surface area contributed by atoms with Crippen molar-refractivity contribution in [2.24, 2.45) is 0 Å². The maximum absolute atomic E-state index is 9.54. The lowest BCUT2D eigenvalue weighted by Crippen LogP contribution is -2.09. The Kier molecular flexibility index (Phi) is 2.83. The van der Waals surface area contributed by atoms with Gasteiger partial charge in [-0.05, 0) is 20.3 Å². The van der Waals surface area contributed by atoms with Gasteiger partial charge in [0, 0.05) is 0 Å². The van der Waals surface area contributed by atoms with Gasteiger partial charge < -0.3 is 10.8 Å². The van der Waals surface area contributed by atoms with Crippen molar-refractivity contribution in [2.75, 3.05) is 5.73 Å². The number of rotatable bonds is 2. The number of nitrogens with two attached hydrogens (primary N) is 1. The molecule has 3 N–H and O–H groups in total. The normalized spacial score (nSPS) is 12.9. The summed E-state index contributed by atoms with van der Waals surface area (Å²) in [7, 11) is 0. The maximum atomic E-state index is 9.54. The van der Waals surface area contributed by atoms with Crippen LogP contribution in [0.2, 0.25) is 0 Å². The predicted molar refractivity (Wildman–Crippen MR) is 51.2 cm³/mol. The minimum Gasteiger partial charge on any atom is -0.387 e. The summed E-state index contributed by atoms with van der Waals surface area (Å²) in [5, 5.41) is 9.54. The summed E-state index contributed by atoms with van der Waals surface area (Å²) in [4.78, 5) is 8.30. The highest BCUT2D eigenvalue weighted by atomic mass is 16.3. The van der Waals surface area contributed by atoms with Crippen molar-refractivity contribution in [1.82, 2.24) is 9.97 Å². The fourth-order valence-corrected chi connectivity index (χ4v) is 1.08. The molecule has 1 heterocycles. The van der Waals surface area contributed by atoms with Crippen LogP contribution in [0.3, 0.4) is 0 Å². The van der Waals surface area contributed by atoms with Gasteiger partial charge in [-0.2, -0.15) is 0 Å². The fraction of sp³-hybridized carbons (Fsp3) is 0.556. The Labute approximate surface area is 77.8 Å². The Balaban J connectivity index is 3.15. The van der Waals surface area contributed by atoms with Crippen LogP contribution in [-0.2, 0) is 0 Å². The third kappa shape index (κ3) is 1.95. The summed E-state index contributed by atoms with van der Waals surface area (Å²) in [6.07, 6.45) is -0.00622. The lowest BCUT2D eigenvalue weighted by atomic mass is 10.2. The minimum atomic E-state index is -0.605. The van der Waals surface area contributed by atoms with Crippen molar-refractivity contribution >= 4 is 5.82 Å². The minimum absolute atomic E-state index is 0.331. The topological polar surface area (TPSA) is 72.0 Å². The Bertz CT molecular complexity index is 312. The quantitative estimate of drug-likeness (QED) is 0.717. The Morgan fingerprint density at radius 1 is 1.31 bits per heavy atom. The summed E-state index contributed by atoms with van der Waals surface area (Å²) >= 11 is 0. The summed E-state index contributed by atoms with van der Waals surface area (Å²) in [5.41, 5.74) is 7.75. The molecule has 72 valence electrons. The number of aliphatic hydroxyl groups excluding tert-OH is 1. The summed E-state index contributed by atoms with van der Waals surface area (Å²) < 4.78 is 0. The van der Waals surface area contributed by atoms with E-state index in [1.807, 2.05) is 20.8 Å². The molecule has 4 nitrogen and oxygen atoms in total. The van der Waals surface area contributed by atoms with E-state index in [0.717, 1.165) is 11.4 Å². The van der Waals surface area contributed by atoms with Gasteiger partial charge in [-0.3, -0.25) is 0 Å². The molecule has 0 bridgehead atoms. The van der Waals surface area contributed by atoms with E-state index in [4.69, 9.17) is 5.73 Å². The van der Waals surface area contributed by atoms with Gasteiger partial charge in [-0.1, -0.05) is 6.92 Å². The van der Waals surface area contributed by atoms with Gasteiger partial charge in [0.15, 0.2) is 0 Å². The molecule has 0 saturated carbocycles. The molecular formula is C9H15N3O. The van der Waals surface area contributed by atoms with Crippen LogP contribution in [0.25, 0.3) is 0 Å². The summed E-state index contributed by atoms with van der Waals surface area (Å²) in [6, 6.07) is 0. The fourth-order valence-electron chi connectivity index (χ4n) is 1.08. The zero-order chi connectivity index (χ0) is 10.0. The van der Waals surface area contributed by atoms with Crippen LogP contribution in [-0.4, -0.2) is 15.1 Å². The molecule has 13 heavy (non-hydrogen) atoms. The third-order valence-electron chi connectivity index (χ3n) is 2.06. The maximum Gasteiger partial charge on any atom is 0.148 e. The molecule has 0 aliphatic rings. The molecule has 1 aromatic rings. The lowest BCUT2D eigenvalue weighted by Gasteiger charge is -2.11. The molecule has 0 spiro atoms. The van der Waals surface area contributed by atoms with Crippen molar-refractivity contribution in [3.05, 3.63) is 17.1 Å². The van der Waals surface area contributed by atoms with Crippen LogP contribution in [0.4, 0.5) is 5.82 Å². The van der Waals surface area contributed by atoms with E-state index in [0.29, 0.717) is 17.9 Å². The van der Waals surface area contributed by atoms with Crippen molar-refractivity contribution in [2.45, 2.75) is 33.3 Å². The van der Waals surface area contributed by atoms with Crippen LogP contribution in [0.5, 0.6) is 0 Å². The molecule has 0 fully saturated rings. The molecule has 0 aliphatic heterocycles. The molecule has 1 unspecified atom stereocenters. The second-order valence-corrected chi connectivity index (χ2v) is 3.09. The molecule has 0 radical (unpaired) electrons. The second kappa shape index (κ2) is 3.70. The standard InChI is InChI=1S/C9H15N3O/c1-4-7(13)8-9(10)12-6(3)5(2)11-8/h7,13H,4H2,1-3H3,(H2,10,12). The number of nitrogen functional groups attached to an aromatic ring is 1. The average molecular weight is 181 g/mol. The van der Waals surface area contributed by atoms with Crippen molar-refractivity contribution in [3.63, 3.8) is 0 Å². The molecule has 0 aliphatic carbocycles. The van der Waals surface area contributed by atoms with E-state index in [1.165, 1.54) is 0 Å². The number of hydrogen-bond donors (Lipinski definition) is 2. The molecule has 1 atom stereocenters. The van der Waals surface area contributed by atoms with Crippen LogP contribution < -0.4 is 5.73 Å². The van der Waals surface area contributed by atoms with Crippen LogP contribution >= 0.6 is 0 Å². The molecule has 0 aromatic carbocycles. The first-order valence-corrected chi connectivity index (χ1v) is 4.35. The highest BCUT2D eigenvalue weighted by molar-refractivity contribution is 5.37. The van der Waals surface area contributed by atoms with Gasteiger partial charge in [0.1, 0.15) is 11.5 Å². The number of aryl methyl sites for hydroxylation is 2. The summed E-state index contributed by atoms with van der Waals surface area (Å²) in [6.45, 7) is 5.58. The average Bonchev–Trinajstić information content (AvgIpc) is 2.10. The molecule has 1 aromatic heterocycles. The highest BCUT2D eigenvalue weighted by Gasteiger charge is 2.13. The van der Waals surface area contributed by atoms with Crippen LogP contribution in [0.15, 0.2) is 0 Å². The van der Waals surface area contributed by atoms with E-state index in [-0.39, 0.29) is 0 Å². The van der Waals surface area contributed by atoms with E-state index < -0.39 is 6.10 Å². The number of aliphatic hydroxyl groups is 1. The Hall–Kier alpha value is -1.16. The van der Waals surface area contributed by atoms with E-state index in [1.54, 1.807) is 0 Å². The van der Waals surface area contributed by atoms with Crippen molar-refractivity contribution in [3.8, 4) is 0 Å². The number of aromatic nitrogens is 2. The predicted octanol–water partition coefficient (Wildman–Crippen LogP) is 1.12. The first-order chi connectivity index (χ1) is 6.06. The van der Waals surface area contributed by atoms with Crippen LogP contribution in [0.1, 0.15) is 36.5 Å². The lowest BCUT2D eigenvalue weighted by molar-refractivity contribution is 0.169. The van der Waals surface area contributed by atoms with E-state index in [9.17, 15) is 5.11 Å². The second-order valence-electron chi connectivity index (χ2n) is 3.09. The molecule has 0 saturated heterocycles. The van der Waals surface area contributed by atoms with Gasteiger partial charge in [-0.25, -0.2) is 9.97 Å². The Morgan fingerprint density at radius 2 is 1.85 bits per heavy atom. The van der Waals surface area contributed by atoms with E-state index in [2.05, 4.69) is 9.97 Å². The first-order valence-electron chi connectivity index (χ1n) is 4.35. The molecular weight excluding hydrogens is 166 g/mol. The number of nitrogens with zero attached hydrogens (tertiary/aromatic N) is 2.